The molecule has 40 heavy (non-hydrogen) atoms. The van der Waals surface area contributed by atoms with Gasteiger partial charge in [0.2, 0.25) is 5.88 Å². The molecule has 8 nitrogen and oxygen atoms in total. The lowest BCUT2D eigenvalue weighted by Gasteiger charge is -2.19. The Bertz CT molecular complexity index is 1500. The van der Waals surface area contributed by atoms with Gasteiger partial charge >= 0.3 is 6.18 Å². The largest absolute Gasteiger partial charge is 0.480 e. The van der Waals surface area contributed by atoms with E-state index in [4.69, 9.17) is 21.3 Å². The van der Waals surface area contributed by atoms with E-state index in [-0.39, 0.29) is 23.8 Å². The molecule has 0 bridgehead atoms. The highest BCUT2D eigenvalue weighted by atomic mass is 35.5. The summed E-state index contributed by atoms with van der Waals surface area (Å²) in [4.78, 5) is 22.0. The maximum Gasteiger partial charge on any atom is 0.434 e. The van der Waals surface area contributed by atoms with E-state index < -0.39 is 11.9 Å². The first-order valence-corrected chi connectivity index (χ1v) is 13.5. The number of ether oxygens (including phenoxy) is 1. The van der Waals surface area contributed by atoms with Crippen molar-refractivity contribution in [2.45, 2.75) is 63.7 Å². The SMILES string of the molecule is COc1ncnc(C2CC2)c1-c1ncc(CCl)c(N[C@@H](C)c2ccc(-c3nc(C(F)(F)F)cn3C(C)C)cc2)n1. The van der Waals surface area contributed by atoms with Crippen molar-refractivity contribution in [1.29, 1.82) is 0 Å². The minimum atomic E-state index is -4.51. The highest BCUT2D eigenvalue weighted by Gasteiger charge is 2.35. The van der Waals surface area contributed by atoms with Crippen molar-refractivity contribution in [3.05, 3.63) is 65.5 Å². The predicted octanol–water partition coefficient (Wildman–Crippen LogP) is 7.19. The quantitative estimate of drug-likeness (QED) is 0.212. The molecule has 0 saturated heterocycles. The first-order valence-electron chi connectivity index (χ1n) is 12.9. The van der Waals surface area contributed by atoms with Crippen LogP contribution < -0.4 is 10.1 Å². The molecule has 4 aromatic rings. The highest BCUT2D eigenvalue weighted by Crippen LogP contribution is 2.45. The van der Waals surface area contributed by atoms with Gasteiger partial charge in [-0.05, 0) is 39.2 Å². The van der Waals surface area contributed by atoms with Gasteiger partial charge < -0.3 is 14.6 Å². The third-order valence-corrected chi connectivity index (χ3v) is 7.12. The molecule has 0 amide bonds. The molecule has 1 atom stereocenters. The lowest BCUT2D eigenvalue weighted by molar-refractivity contribution is -0.140. The zero-order chi connectivity index (χ0) is 28.6. The molecular weight excluding hydrogens is 543 g/mol. The van der Waals surface area contributed by atoms with Crippen LogP contribution >= 0.6 is 11.6 Å². The van der Waals surface area contributed by atoms with Crippen LogP contribution in [0.3, 0.4) is 0 Å². The molecule has 1 aliphatic carbocycles. The molecule has 1 N–H and O–H groups in total. The summed E-state index contributed by atoms with van der Waals surface area (Å²) < 4.78 is 47.0. The fourth-order valence-electron chi connectivity index (χ4n) is 4.51. The van der Waals surface area contributed by atoms with Crippen LogP contribution in [0.2, 0.25) is 0 Å². The van der Waals surface area contributed by atoms with Crippen molar-refractivity contribution < 1.29 is 17.9 Å². The number of benzene rings is 1. The fraction of sp³-hybridized carbons (Fsp3) is 0.393. The van der Waals surface area contributed by atoms with Gasteiger partial charge in [-0.15, -0.1) is 11.6 Å². The van der Waals surface area contributed by atoms with Crippen molar-refractivity contribution in [2.75, 3.05) is 12.4 Å². The Morgan fingerprint density at radius 3 is 2.40 bits per heavy atom. The lowest BCUT2D eigenvalue weighted by Crippen LogP contribution is -2.11. The maximum absolute atomic E-state index is 13.3. The van der Waals surface area contributed by atoms with Crippen molar-refractivity contribution >= 4 is 17.4 Å². The van der Waals surface area contributed by atoms with Gasteiger partial charge in [-0.3, -0.25) is 0 Å². The molecule has 1 saturated carbocycles. The zero-order valence-electron chi connectivity index (χ0n) is 22.5. The summed E-state index contributed by atoms with van der Waals surface area (Å²) in [6.07, 6.45) is 1.80. The third kappa shape index (κ3) is 5.60. The third-order valence-electron chi connectivity index (χ3n) is 6.83. The number of hydrogen-bond acceptors (Lipinski definition) is 7. The fourth-order valence-corrected chi connectivity index (χ4v) is 4.71. The normalized spacial score (nSPS) is 14.4. The van der Waals surface area contributed by atoms with Gasteiger partial charge in [0.25, 0.3) is 0 Å². The van der Waals surface area contributed by atoms with Gasteiger partial charge in [0, 0.05) is 41.5 Å². The molecule has 1 fully saturated rings. The Morgan fingerprint density at radius 1 is 1.07 bits per heavy atom. The molecule has 0 unspecified atom stereocenters. The van der Waals surface area contributed by atoms with Gasteiger partial charge in [0.15, 0.2) is 11.5 Å². The summed E-state index contributed by atoms with van der Waals surface area (Å²) >= 11 is 6.21. The smallest absolute Gasteiger partial charge is 0.434 e. The van der Waals surface area contributed by atoms with E-state index in [1.54, 1.807) is 25.4 Å². The molecule has 0 spiro atoms. The van der Waals surface area contributed by atoms with Crippen molar-refractivity contribution in [3.63, 3.8) is 0 Å². The molecule has 0 aliphatic heterocycles. The number of imidazole rings is 1. The van der Waals surface area contributed by atoms with E-state index in [0.29, 0.717) is 34.6 Å². The maximum atomic E-state index is 13.3. The number of rotatable bonds is 9. The molecule has 210 valence electrons. The number of alkyl halides is 4. The second-order valence-electron chi connectivity index (χ2n) is 10.1. The van der Waals surface area contributed by atoms with Gasteiger partial charge in [-0.2, -0.15) is 13.2 Å². The number of nitrogens with one attached hydrogen (secondary N) is 1. The van der Waals surface area contributed by atoms with E-state index in [9.17, 15) is 13.2 Å². The average molecular weight is 572 g/mol. The summed E-state index contributed by atoms with van der Waals surface area (Å²) in [6, 6.07) is 6.89. The molecule has 5 rings (SSSR count). The molecule has 12 heteroatoms. The molecule has 0 radical (unpaired) electrons. The number of methoxy groups -OCH3 is 1. The number of nitrogens with zero attached hydrogens (tertiary/aromatic N) is 6. The number of hydrogen-bond donors (Lipinski definition) is 1. The summed E-state index contributed by atoms with van der Waals surface area (Å²) in [5, 5.41) is 3.42. The minimum absolute atomic E-state index is 0.186. The first kappa shape index (κ1) is 27.8. The number of anilines is 1. The minimum Gasteiger partial charge on any atom is -0.480 e. The second-order valence-corrected chi connectivity index (χ2v) is 10.3. The Morgan fingerprint density at radius 2 is 1.80 bits per heavy atom. The Hall–Kier alpha value is -3.73. The van der Waals surface area contributed by atoms with Crippen LogP contribution in [0.15, 0.2) is 43.0 Å². The van der Waals surface area contributed by atoms with Gasteiger partial charge in [0.1, 0.15) is 23.5 Å². The Kier molecular flexibility index (Phi) is 7.67. The topological polar surface area (TPSA) is 90.6 Å². The van der Waals surface area contributed by atoms with Crippen LogP contribution in [-0.2, 0) is 12.1 Å². The first-order chi connectivity index (χ1) is 19.1. The van der Waals surface area contributed by atoms with Crippen molar-refractivity contribution in [1.82, 2.24) is 29.5 Å². The van der Waals surface area contributed by atoms with Crippen LogP contribution in [0.4, 0.5) is 19.0 Å². The summed E-state index contributed by atoms with van der Waals surface area (Å²) in [5.41, 5.74) is 2.85. The van der Waals surface area contributed by atoms with E-state index in [2.05, 4.69) is 25.3 Å². The average Bonchev–Trinajstić information content (AvgIpc) is 3.68. The summed E-state index contributed by atoms with van der Waals surface area (Å²) in [6.45, 7) is 5.61. The standard InChI is InChI=1S/C28H29ClF3N7O/c1-15(2)39-13-21(28(30,31)32)37-26(39)19-9-5-17(6-10-19)16(3)36-24-20(11-29)12-33-25(38-24)22-23(18-7-8-18)34-14-35-27(22)40-4/h5-6,9-10,12-16,18H,7-8,11H2,1-4H3,(H,33,36,38)/t16-/m0/s1. The van der Waals surface area contributed by atoms with Crippen molar-refractivity contribution in [2.24, 2.45) is 0 Å². The van der Waals surface area contributed by atoms with Crippen LogP contribution in [0.1, 0.15) is 74.1 Å². The molecule has 3 aromatic heterocycles. The second kappa shape index (κ2) is 11.0. The van der Waals surface area contributed by atoms with E-state index in [1.165, 1.54) is 10.9 Å². The summed E-state index contributed by atoms with van der Waals surface area (Å²) in [7, 11) is 1.55. The summed E-state index contributed by atoms with van der Waals surface area (Å²) in [5.74, 6) is 2.22. The number of halogens is 4. The van der Waals surface area contributed by atoms with Crippen LogP contribution in [0, 0.1) is 0 Å². The van der Waals surface area contributed by atoms with Gasteiger partial charge in [-0.25, -0.2) is 24.9 Å². The van der Waals surface area contributed by atoms with Crippen molar-refractivity contribution in [3.8, 4) is 28.7 Å². The van der Waals surface area contributed by atoms with Crippen LogP contribution in [0.5, 0.6) is 5.88 Å². The molecule has 3 heterocycles. The molecule has 1 aromatic carbocycles. The van der Waals surface area contributed by atoms with E-state index >= 15 is 0 Å². The Balaban J connectivity index is 1.43. The van der Waals surface area contributed by atoms with Gasteiger partial charge in [-0.1, -0.05) is 24.3 Å². The van der Waals surface area contributed by atoms with Crippen LogP contribution in [0.25, 0.3) is 22.8 Å². The lowest BCUT2D eigenvalue weighted by atomic mass is 10.1. The molecular formula is C28H29ClF3N7O. The predicted molar refractivity (Wildman–Crippen MR) is 146 cm³/mol. The zero-order valence-corrected chi connectivity index (χ0v) is 23.3. The number of aromatic nitrogens is 6. The van der Waals surface area contributed by atoms with E-state index in [0.717, 1.165) is 35.9 Å². The monoisotopic (exact) mass is 571 g/mol. The Labute approximate surface area is 235 Å². The van der Waals surface area contributed by atoms with Crippen LogP contribution in [-0.4, -0.2) is 36.6 Å². The van der Waals surface area contributed by atoms with E-state index in [1.807, 2.05) is 32.9 Å². The highest BCUT2D eigenvalue weighted by molar-refractivity contribution is 6.17. The molecule has 1 aliphatic rings. The van der Waals surface area contributed by atoms with Gasteiger partial charge in [0.05, 0.1) is 18.7 Å².